The third kappa shape index (κ3) is 2.55. The summed E-state index contributed by atoms with van der Waals surface area (Å²) < 4.78 is 27.3. The highest BCUT2D eigenvalue weighted by molar-refractivity contribution is 7.92. The van der Waals surface area contributed by atoms with E-state index in [0.717, 1.165) is 5.39 Å². The van der Waals surface area contributed by atoms with Crippen molar-refractivity contribution in [2.24, 2.45) is 0 Å². The van der Waals surface area contributed by atoms with Gasteiger partial charge in [-0.05, 0) is 24.3 Å². The molecule has 2 aromatic carbocycles. The fourth-order valence-electron chi connectivity index (χ4n) is 2.09. The molecule has 21 heavy (non-hydrogen) atoms. The van der Waals surface area contributed by atoms with E-state index in [2.05, 4.69) is 9.71 Å². The van der Waals surface area contributed by atoms with Crippen LogP contribution in [0.1, 0.15) is 0 Å². The van der Waals surface area contributed by atoms with Crippen LogP contribution in [-0.4, -0.2) is 13.4 Å². The quantitative estimate of drug-likeness (QED) is 0.647. The van der Waals surface area contributed by atoms with Gasteiger partial charge >= 0.3 is 0 Å². The fraction of sp³-hybridized carbons (Fsp3) is 0. The highest BCUT2D eigenvalue weighted by atomic mass is 35.5. The summed E-state index contributed by atoms with van der Waals surface area (Å²) in [6, 6.07) is 11.3. The number of nitrogen functional groups attached to an aromatic ring is 1. The topological polar surface area (TPSA) is 88.0 Å². The molecular formula is C14H12ClN3O2S. The summed E-state index contributed by atoms with van der Waals surface area (Å²) in [5.41, 5.74) is 7.08. The van der Waals surface area contributed by atoms with Crippen LogP contribution in [0.15, 0.2) is 53.6 Å². The SMILES string of the molecule is Nc1cccc(S(=O)(=O)Nc2cccc3c(Cl)c[nH]c23)c1. The monoisotopic (exact) mass is 321 g/mol. The summed E-state index contributed by atoms with van der Waals surface area (Å²) in [6.07, 6.45) is 1.62. The number of rotatable bonds is 3. The van der Waals surface area contributed by atoms with Crippen LogP contribution in [-0.2, 0) is 10.0 Å². The van der Waals surface area contributed by atoms with E-state index in [1.54, 1.807) is 30.5 Å². The number of hydrogen-bond acceptors (Lipinski definition) is 3. The lowest BCUT2D eigenvalue weighted by atomic mass is 10.2. The van der Waals surface area contributed by atoms with Gasteiger partial charge in [0.05, 0.1) is 21.1 Å². The molecule has 0 bridgehead atoms. The van der Waals surface area contributed by atoms with E-state index < -0.39 is 10.0 Å². The number of anilines is 2. The number of nitrogens with one attached hydrogen (secondary N) is 2. The van der Waals surface area contributed by atoms with Crippen molar-refractivity contribution in [3.05, 3.63) is 53.7 Å². The molecule has 1 heterocycles. The van der Waals surface area contributed by atoms with Crippen molar-refractivity contribution >= 4 is 43.9 Å². The maximum absolute atomic E-state index is 12.4. The molecule has 0 aliphatic carbocycles. The predicted octanol–water partition coefficient (Wildman–Crippen LogP) is 3.20. The Morgan fingerprint density at radius 1 is 1.14 bits per heavy atom. The summed E-state index contributed by atoms with van der Waals surface area (Å²) in [6.45, 7) is 0. The first-order valence-electron chi connectivity index (χ1n) is 6.11. The molecule has 7 heteroatoms. The molecule has 0 atom stereocenters. The van der Waals surface area contributed by atoms with Gasteiger partial charge in [-0.1, -0.05) is 29.8 Å². The van der Waals surface area contributed by atoms with Crippen LogP contribution in [0, 0.1) is 0 Å². The fourth-order valence-corrected chi connectivity index (χ4v) is 3.43. The number of halogens is 1. The van der Waals surface area contributed by atoms with Gasteiger partial charge in [0, 0.05) is 17.3 Å². The summed E-state index contributed by atoms with van der Waals surface area (Å²) in [5.74, 6) is 0. The number of fused-ring (bicyclic) bond motifs is 1. The van der Waals surface area contributed by atoms with Crippen LogP contribution >= 0.6 is 11.6 Å². The third-order valence-electron chi connectivity index (χ3n) is 3.08. The average Bonchev–Trinajstić information content (AvgIpc) is 2.82. The standard InChI is InChI=1S/C14H12ClN3O2S/c15-12-8-17-14-11(12)5-2-6-13(14)18-21(19,20)10-4-1-3-9(16)7-10/h1-8,17-18H,16H2. The zero-order valence-corrected chi connectivity index (χ0v) is 12.4. The minimum atomic E-state index is -3.71. The number of aromatic amines is 1. The lowest BCUT2D eigenvalue weighted by molar-refractivity contribution is 0.601. The van der Waals surface area contributed by atoms with Crippen molar-refractivity contribution in [2.75, 3.05) is 10.5 Å². The molecule has 5 nitrogen and oxygen atoms in total. The first-order chi connectivity index (χ1) is 9.97. The van der Waals surface area contributed by atoms with Crippen molar-refractivity contribution in [3.8, 4) is 0 Å². The maximum atomic E-state index is 12.4. The zero-order valence-electron chi connectivity index (χ0n) is 10.8. The normalized spacial score (nSPS) is 11.7. The van der Waals surface area contributed by atoms with Gasteiger partial charge in [-0.25, -0.2) is 8.42 Å². The van der Waals surface area contributed by atoms with E-state index in [0.29, 0.717) is 21.9 Å². The molecule has 0 saturated carbocycles. The number of hydrogen-bond donors (Lipinski definition) is 3. The van der Waals surface area contributed by atoms with Crippen LogP contribution in [0.5, 0.6) is 0 Å². The Kier molecular flexibility index (Phi) is 3.27. The van der Waals surface area contributed by atoms with Crippen LogP contribution < -0.4 is 10.5 Å². The molecule has 1 aromatic heterocycles. The van der Waals surface area contributed by atoms with Crippen LogP contribution in [0.2, 0.25) is 5.02 Å². The molecule has 0 aliphatic rings. The first-order valence-corrected chi connectivity index (χ1v) is 7.97. The minimum Gasteiger partial charge on any atom is -0.399 e. The van der Waals surface area contributed by atoms with Crippen molar-refractivity contribution in [1.82, 2.24) is 4.98 Å². The Balaban J connectivity index is 2.05. The first kappa shape index (κ1) is 13.8. The predicted molar refractivity (Wildman–Crippen MR) is 85.0 cm³/mol. The van der Waals surface area contributed by atoms with E-state index in [9.17, 15) is 8.42 Å². The van der Waals surface area contributed by atoms with Crippen molar-refractivity contribution in [2.45, 2.75) is 4.90 Å². The summed E-state index contributed by atoms with van der Waals surface area (Å²) in [7, 11) is -3.71. The van der Waals surface area contributed by atoms with Gasteiger partial charge in [-0.15, -0.1) is 0 Å². The number of aromatic nitrogens is 1. The van der Waals surface area contributed by atoms with Crippen molar-refractivity contribution in [3.63, 3.8) is 0 Å². The minimum absolute atomic E-state index is 0.108. The molecule has 3 aromatic rings. The second-order valence-electron chi connectivity index (χ2n) is 4.54. The molecule has 0 radical (unpaired) electrons. The van der Waals surface area contributed by atoms with E-state index in [-0.39, 0.29) is 4.90 Å². The van der Waals surface area contributed by atoms with Gasteiger partial charge in [0.1, 0.15) is 0 Å². The van der Waals surface area contributed by atoms with Crippen molar-refractivity contribution < 1.29 is 8.42 Å². The maximum Gasteiger partial charge on any atom is 0.262 e. The Morgan fingerprint density at radius 2 is 1.90 bits per heavy atom. The van der Waals surface area contributed by atoms with Gasteiger partial charge < -0.3 is 10.7 Å². The summed E-state index contributed by atoms with van der Waals surface area (Å²) in [4.78, 5) is 3.07. The second kappa shape index (κ2) is 4.98. The largest absolute Gasteiger partial charge is 0.399 e. The van der Waals surface area contributed by atoms with Crippen LogP contribution in [0.4, 0.5) is 11.4 Å². The smallest absolute Gasteiger partial charge is 0.262 e. The van der Waals surface area contributed by atoms with E-state index >= 15 is 0 Å². The molecule has 3 rings (SSSR count). The number of benzene rings is 2. The number of sulfonamides is 1. The van der Waals surface area contributed by atoms with Gasteiger partial charge in [0.25, 0.3) is 10.0 Å². The highest BCUT2D eigenvalue weighted by Crippen LogP contribution is 2.29. The van der Waals surface area contributed by atoms with E-state index in [1.165, 1.54) is 12.1 Å². The summed E-state index contributed by atoms with van der Waals surface area (Å²) >= 11 is 6.03. The van der Waals surface area contributed by atoms with Gasteiger partial charge in [-0.3, -0.25) is 4.72 Å². The van der Waals surface area contributed by atoms with Crippen molar-refractivity contribution in [1.29, 1.82) is 0 Å². The van der Waals surface area contributed by atoms with Crippen LogP contribution in [0.3, 0.4) is 0 Å². The summed E-state index contributed by atoms with van der Waals surface area (Å²) in [5, 5.41) is 1.29. The molecule has 4 N–H and O–H groups in total. The van der Waals surface area contributed by atoms with E-state index in [1.807, 2.05) is 6.07 Å². The molecule has 0 unspecified atom stereocenters. The zero-order chi connectivity index (χ0) is 15.0. The molecular weight excluding hydrogens is 310 g/mol. The lowest BCUT2D eigenvalue weighted by Gasteiger charge is -2.09. The molecule has 0 amide bonds. The Hall–Kier alpha value is -2.18. The molecule has 108 valence electrons. The lowest BCUT2D eigenvalue weighted by Crippen LogP contribution is -2.13. The molecule has 0 fully saturated rings. The molecule has 0 saturated heterocycles. The molecule has 0 spiro atoms. The third-order valence-corrected chi connectivity index (χ3v) is 4.75. The number of H-pyrrole nitrogens is 1. The van der Waals surface area contributed by atoms with Gasteiger partial charge in [0.2, 0.25) is 0 Å². The number of nitrogens with two attached hydrogens (primary N) is 1. The van der Waals surface area contributed by atoms with Gasteiger partial charge in [0.15, 0.2) is 0 Å². The van der Waals surface area contributed by atoms with Crippen LogP contribution in [0.25, 0.3) is 10.9 Å². The molecule has 0 aliphatic heterocycles. The average molecular weight is 322 g/mol. The highest BCUT2D eigenvalue weighted by Gasteiger charge is 2.16. The number of para-hydroxylation sites is 1. The second-order valence-corrected chi connectivity index (χ2v) is 6.63. The van der Waals surface area contributed by atoms with Gasteiger partial charge in [-0.2, -0.15) is 0 Å². The van der Waals surface area contributed by atoms with E-state index in [4.69, 9.17) is 17.3 Å². The Bertz CT molecular complexity index is 919. The Labute approximate surface area is 126 Å². The Morgan fingerprint density at radius 3 is 2.67 bits per heavy atom.